The number of benzene rings is 1. The molecule has 0 radical (unpaired) electrons. The normalized spacial score (nSPS) is 14.0. The minimum Gasteiger partial charge on any atom is -0.465 e. The summed E-state index contributed by atoms with van der Waals surface area (Å²) in [6.07, 6.45) is 1.44. The van der Waals surface area contributed by atoms with Gasteiger partial charge in [0.25, 0.3) is 0 Å². The van der Waals surface area contributed by atoms with Gasteiger partial charge in [0, 0.05) is 11.6 Å². The molecule has 0 atom stereocenters. The van der Waals surface area contributed by atoms with E-state index in [1.54, 1.807) is 11.0 Å². The molecule has 3 rings (SSSR count). The maximum atomic E-state index is 12.4. The number of halogens is 1. The Kier molecular flexibility index (Phi) is 3.95. The van der Waals surface area contributed by atoms with Gasteiger partial charge in [-0.3, -0.25) is 4.90 Å². The number of ether oxygens (including phenoxy) is 2. The van der Waals surface area contributed by atoms with E-state index >= 15 is 0 Å². The zero-order chi connectivity index (χ0) is 17.6. The molecule has 1 aromatic carbocycles. The van der Waals surface area contributed by atoms with Gasteiger partial charge in [0.1, 0.15) is 12.3 Å². The fourth-order valence-corrected chi connectivity index (χ4v) is 3.20. The third-order valence-electron chi connectivity index (χ3n) is 3.80. The third-order valence-corrected chi connectivity index (χ3v) is 4.10. The van der Waals surface area contributed by atoms with E-state index in [0.717, 1.165) is 16.5 Å². The molecule has 0 aliphatic carbocycles. The number of carbonyl (C=O) groups excluding carboxylic acids is 2. The molecule has 0 unspecified atom stereocenters. The fourth-order valence-electron chi connectivity index (χ4n) is 2.89. The minimum absolute atomic E-state index is 0.313. The van der Waals surface area contributed by atoms with E-state index in [-0.39, 0.29) is 6.09 Å². The number of hydrogen-bond acceptors (Lipinski definition) is 4. The molecular weight excluding hydrogens is 332 g/mol. The lowest BCUT2D eigenvalue weighted by molar-refractivity contribution is 0.0161. The Labute approximate surface area is 144 Å². The van der Waals surface area contributed by atoms with Gasteiger partial charge in [-0.1, -0.05) is 11.6 Å². The minimum atomic E-state index is -0.560. The molecule has 0 saturated carbocycles. The highest BCUT2D eigenvalue weighted by atomic mass is 35.5. The zero-order valence-corrected chi connectivity index (χ0v) is 14.8. The average molecular weight is 351 g/mol. The van der Waals surface area contributed by atoms with Crippen LogP contribution in [0, 0.1) is 0 Å². The summed E-state index contributed by atoms with van der Waals surface area (Å²) < 4.78 is 12.2. The predicted octanol–water partition coefficient (Wildman–Crippen LogP) is 3.79. The number of carbonyl (C=O) groups is 2. The van der Waals surface area contributed by atoms with Crippen LogP contribution in [-0.4, -0.2) is 34.2 Å². The van der Waals surface area contributed by atoms with E-state index in [4.69, 9.17) is 21.1 Å². The van der Waals surface area contributed by atoms with E-state index in [9.17, 15) is 9.59 Å². The molecule has 24 heavy (non-hydrogen) atoms. The second kappa shape index (κ2) is 5.70. The fraction of sp³-hybridized carbons (Fsp3) is 0.412. The van der Waals surface area contributed by atoms with Crippen LogP contribution in [0.4, 0.5) is 4.79 Å². The van der Waals surface area contributed by atoms with Gasteiger partial charge in [0.05, 0.1) is 29.8 Å². The first-order valence-electron chi connectivity index (χ1n) is 7.57. The molecule has 2 heterocycles. The van der Waals surface area contributed by atoms with Crippen LogP contribution in [0.25, 0.3) is 10.9 Å². The molecule has 6 nitrogen and oxygen atoms in total. The summed E-state index contributed by atoms with van der Waals surface area (Å²) in [6, 6.07) is 3.53. The first-order chi connectivity index (χ1) is 11.2. The number of esters is 1. The van der Waals surface area contributed by atoms with Crippen LogP contribution >= 0.6 is 11.6 Å². The largest absolute Gasteiger partial charge is 0.465 e. The molecule has 0 bridgehead atoms. The van der Waals surface area contributed by atoms with Gasteiger partial charge in [-0.25, -0.2) is 9.59 Å². The molecular formula is C17H19ClN2O4. The zero-order valence-electron chi connectivity index (χ0n) is 14.1. The van der Waals surface area contributed by atoms with Gasteiger partial charge in [-0.15, -0.1) is 0 Å². The first kappa shape index (κ1) is 16.6. The molecule has 1 aliphatic heterocycles. The monoisotopic (exact) mass is 350 g/mol. The first-order valence-corrected chi connectivity index (χ1v) is 7.95. The van der Waals surface area contributed by atoms with Crippen molar-refractivity contribution < 1.29 is 19.1 Å². The Bertz CT molecular complexity index is 835. The van der Waals surface area contributed by atoms with Gasteiger partial charge in [-0.2, -0.15) is 0 Å². The SMILES string of the molecule is COC(=O)c1c(Cl)cc2c3c1ccn3CN(C(=O)OC(C)(C)C)C2. The van der Waals surface area contributed by atoms with Crippen molar-refractivity contribution in [2.24, 2.45) is 0 Å². The average Bonchev–Trinajstić information content (AvgIpc) is 2.89. The number of rotatable bonds is 1. The smallest absolute Gasteiger partial charge is 0.412 e. The summed E-state index contributed by atoms with van der Waals surface area (Å²) in [5.74, 6) is -0.473. The van der Waals surface area contributed by atoms with Gasteiger partial charge < -0.3 is 14.0 Å². The molecule has 2 aromatic rings. The number of methoxy groups -OCH3 is 1. The van der Waals surface area contributed by atoms with Crippen LogP contribution < -0.4 is 0 Å². The van der Waals surface area contributed by atoms with Crippen LogP contribution in [0.1, 0.15) is 36.7 Å². The lowest BCUT2D eigenvalue weighted by Crippen LogP contribution is -2.39. The lowest BCUT2D eigenvalue weighted by atomic mass is 10.0. The van der Waals surface area contributed by atoms with Crippen LogP contribution in [0.15, 0.2) is 18.3 Å². The van der Waals surface area contributed by atoms with Crippen LogP contribution in [0.2, 0.25) is 5.02 Å². The summed E-state index contributed by atoms with van der Waals surface area (Å²) in [5.41, 5.74) is 1.54. The van der Waals surface area contributed by atoms with Gasteiger partial charge in [0.2, 0.25) is 0 Å². The Morgan fingerprint density at radius 1 is 1.29 bits per heavy atom. The maximum Gasteiger partial charge on any atom is 0.412 e. The molecule has 1 aliphatic rings. The van der Waals surface area contributed by atoms with Crippen molar-refractivity contribution in [3.8, 4) is 0 Å². The van der Waals surface area contributed by atoms with E-state index in [1.165, 1.54) is 7.11 Å². The molecule has 0 spiro atoms. The lowest BCUT2D eigenvalue weighted by Gasteiger charge is -2.31. The Balaban J connectivity index is 2.01. The van der Waals surface area contributed by atoms with Crippen LogP contribution in [0.3, 0.4) is 0 Å². The topological polar surface area (TPSA) is 60.8 Å². The summed E-state index contributed by atoms with van der Waals surface area (Å²) in [4.78, 5) is 26.0. The maximum absolute atomic E-state index is 12.4. The molecule has 0 N–H and O–H groups in total. The van der Waals surface area contributed by atoms with E-state index < -0.39 is 11.6 Å². The number of nitrogens with zero attached hydrogens (tertiary/aromatic N) is 2. The highest BCUT2D eigenvalue weighted by Gasteiger charge is 2.29. The van der Waals surface area contributed by atoms with Gasteiger partial charge in [-0.05, 0) is 38.5 Å². The Hall–Kier alpha value is -2.21. The summed E-state index contributed by atoms with van der Waals surface area (Å²) in [5, 5.41) is 1.04. The molecule has 1 amide bonds. The standard InChI is InChI=1S/C17H19ClN2O4/c1-17(2,3)24-16(22)20-8-10-7-12(18)13(15(21)23-4)11-5-6-19(9-20)14(10)11/h5-7H,8-9H2,1-4H3. The molecule has 7 heteroatoms. The van der Waals surface area contributed by atoms with Crippen molar-refractivity contribution in [2.75, 3.05) is 7.11 Å². The van der Waals surface area contributed by atoms with E-state index in [1.807, 2.05) is 37.6 Å². The number of aromatic nitrogens is 1. The van der Waals surface area contributed by atoms with Crippen molar-refractivity contribution in [1.29, 1.82) is 0 Å². The number of amides is 1. The van der Waals surface area contributed by atoms with Crippen molar-refractivity contribution in [2.45, 2.75) is 39.6 Å². The van der Waals surface area contributed by atoms with E-state index in [0.29, 0.717) is 23.8 Å². The van der Waals surface area contributed by atoms with Crippen molar-refractivity contribution >= 4 is 34.6 Å². The van der Waals surface area contributed by atoms with Crippen LogP contribution in [0.5, 0.6) is 0 Å². The summed E-state index contributed by atoms with van der Waals surface area (Å²) in [7, 11) is 1.32. The van der Waals surface area contributed by atoms with Crippen molar-refractivity contribution in [3.05, 3.63) is 34.5 Å². The van der Waals surface area contributed by atoms with Gasteiger partial charge in [0.15, 0.2) is 0 Å². The van der Waals surface area contributed by atoms with Crippen LogP contribution in [-0.2, 0) is 22.7 Å². The predicted molar refractivity (Wildman–Crippen MR) is 90.1 cm³/mol. The molecule has 0 fully saturated rings. The van der Waals surface area contributed by atoms with Gasteiger partial charge >= 0.3 is 12.1 Å². The number of hydrogen-bond donors (Lipinski definition) is 0. The second-order valence-corrected chi connectivity index (χ2v) is 7.16. The highest BCUT2D eigenvalue weighted by molar-refractivity contribution is 6.35. The Morgan fingerprint density at radius 3 is 2.62 bits per heavy atom. The second-order valence-electron chi connectivity index (χ2n) is 6.75. The Morgan fingerprint density at radius 2 is 2.00 bits per heavy atom. The van der Waals surface area contributed by atoms with Crippen molar-refractivity contribution in [3.63, 3.8) is 0 Å². The van der Waals surface area contributed by atoms with E-state index in [2.05, 4.69) is 0 Å². The highest BCUT2D eigenvalue weighted by Crippen LogP contribution is 2.34. The summed E-state index contributed by atoms with van der Waals surface area (Å²) in [6.45, 7) is 6.22. The molecule has 0 saturated heterocycles. The third kappa shape index (κ3) is 2.82. The quantitative estimate of drug-likeness (QED) is 0.734. The molecule has 128 valence electrons. The molecule has 1 aromatic heterocycles. The summed E-state index contributed by atoms with van der Waals surface area (Å²) >= 11 is 6.28. The van der Waals surface area contributed by atoms with Crippen molar-refractivity contribution in [1.82, 2.24) is 9.47 Å².